The number of H-pyrrole nitrogens is 1. The van der Waals surface area contributed by atoms with Crippen LogP contribution in [0.25, 0.3) is 0 Å². The first-order chi connectivity index (χ1) is 9.90. The zero-order valence-corrected chi connectivity index (χ0v) is 12.3. The summed E-state index contributed by atoms with van der Waals surface area (Å²) in [5.74, 6) is 2.70. The number of benzene rings is 1. The third-order valence-corrected chi connectivity index (χ3v) is 4.75. The normalized spacial score (nSPS) is 16.2. The number of hydrogen-bond donors (Lipinski definition) is 2. The van der Waals surface area contributed by atoms with Gasteiger partial charge in [-0.2, -0.15) is 4.98 Å². The van der Waals surface area contributed by atoms with Crippen LogP contribution < -0.4 is 5.32 Å². The molecule has 2 aromatic rings. The van der Waals surface area contributed by atoms with Crippen LogP contribution in [0.2, 0.25) is 0 Å². The molecule has 0 amide bonds. The second-order valence-corrected chi connectivity index (χ2v) is 6.26. The highest BCUT2D eigenvalue weighted by Crippen LogP contribution is 2.29. The number of aromatic nitrogens is 3. The Bertz CT molecular complexity index is 520. The van der Waals surface area contributed by atoms with E-state index in [1.165, 1.54) is 32.1 Å². The number of thioether (sulfide) groups is 1. The van der Waals surface area contributed by atoms with E-state index in [2.05, 4.69) is 20.5 Å². The number of aromatic amines is 1. The molecule has 0 bridgehead atoms. The molecule has 3 rings (SSSR count). The second kappa shape index (κ2) is 6.79. The van der Waals surface area contributed by atoms with Crippen LogP contribution in [0.15, 0.2) is 35.5 Å². The van der Waals surface area contributed by atoms with Gasteiger partial charge in [0, 0.05) is 11.4 Å². The molecule has 1 aliphatic carbocycles. The lowest BCUT2D eigenvalue weighted by atomic mass is 9.91. The van der Waals surface area contributed by atoms with Gasteiger partial charge in [-0.25, -0.2) is 5.10 Å². The average molecular weight is 288 g/mol. The first-order valence-electron chi connectivity index (χ1n) is 7.27. The third-order valence-electron chi connectivity index (χ3n) is 3.67. The van der Waals surface area contributed by atoms with Crippen molar-refractivity contribution >= 4 is 23.4 Å². The Labute approximate surface area is 123 Å². The van der Waals surface area contributed by atoms with Crippen molar-refractivity contribution in [2.24, 2.45) is 5.92 Å². The van der Waals surface area contributed by atoms with E-state index in [9.17, 15) is 0 Å². The molecular weight excluding hydrogens is 268 g/mol. The Morgan fingerprint density at radius 2 is 1.95 bits per heavy atom. The molecule has 4 nitrogen and oxygen atoms in total. The fourth-order valence-corrected chi connectivity index (χ4v) is 3.56. The maximum atomic E-state index is 4.48. The number of hydrogen-bond acceptors (Lipinski definition) is 4. The van der Waals surface area contributed by atoms with Crippen LogP contribution in [0.1, 0.15) is 32.1 Å². The number of nitrogens with zero attached hydrogens (tertiary/aromatic N) is 2. The highest BCUT2D eigenvalue weighted by atomic mass is 32.2. The molecule has 1 aliphatic rings. The van der Waals surface area contributed by atoms with Crippen molar-refractivity contribution in [2.45, 2.75) is 37.3 Å². The summed E-state index contributed by atoms with van der Waals surface area (Å²) in [6.45, 7) is 0. The maximum absolute atomic E-state index is 4.48. The first-order valence-corrected chi connectivity index (χ1v) is 8.26. The van der Waals surface area contributed by atoms with E-state index in [4.69, 9.17) is 0 Å². The van der Waals surface area contributed by atoms with Crippen LogP contribution in [0, 0.1) is 5.92 Å². The maximum Gasteiger partial charge on any atom is 0.223 e. The number of rotatable bonds is 5. The highest BCUT2D eigenvalue weighted by Gasteiger charge is 2.14. The van der Waals surface area contributed by atoms with E-state index < -0.39 is 0 Å². The predicted octanol–water partition coefficient (Wildman–Crippen LogP) is 4.22. The molecule has 20 heavy (non-hydrogen) atoms. The monoisotopic (exact) mass is 288 g/mol. The summed E-state index contributed by atoms with van der Waals surface area (Å²) in [7, 11) is 0. The quantitative estimate of drug-likeness (QED) is 0.809. The average Bonchev–Trinajstić information content (AvgIpc) is 2.95. The van der Waals surface area contributed by atoms with Gasteiger partial charge < -0.3 is 5.32 Å². The lowest BCUT2D eigenvalue weighted by Gasteiger charge is -2.20. The summed E-state index contributed by atoms with van der Waals surface area (Å²) in [5, 5.41) is 11.3. The summed E-state index contributed by atoms with van der Waals surface area (Å²) in [4.78, 5) is 4.48. The van der Waals surface area contributed by atoms with Crippen molar-refractivity contribution in [2.75, 3.05) is 11.1 Å². The summed E-state index contributed by atoms with van der Waals surface area (Å²) in [6.07, 6.45) is 6.92. The van der Waals surface area contributed by atoms with E-state index in [0.717, 1.165) is 22.5 Å². The molecule has 2 N–H and O–H groups in total. The van der Waals surface area contributed by atoms with Crippen LogP contribution in [0.5, 0.6) is 0 Å². The molecule has 5 heteroatoms. The van der Waals surface area contributed by atoms with E-state index >= 15 is 0 Å². The zero-order valence-electron chi connectivity index (χ0n) is 11.5. The van der Waals surface area contributed by atoms with Gasteiger partial charge in [0.2, 0.25) is 11.1 Å². The minimum Gasteiger partial charge on any atom is -0.325 e. The minimum atomic E-state index is 0.711. The van der Waals surface area contributed by atoms with Crippen LogP contribution >= 0.6 is 11.8 Å². The Hall–Kier alpha value is -1.49. The Kier molecular flexibility index (Phi) is 4.58. The molecule has 1 fully saturated rings. The molecule has 0 unspecified atom stereocenters. The van der Waals surface area contributed by atoms with Crippen LogP contribution in [-0.4, -0.2) is 20.9 Å². The molecule has 0 aliphatic heterocycles. The van der Waals surface area contributed by atoms with E-state index in [0.29, 0.717) is 5.95 Å². The van der Waals surface area contributed by atoms with E-state index in [-0.39, 0.29) is 0 Å². The van der Waals surface area contributed by atoms with E-state index in [1.54, 1.807) is 11.8 Å². The van der Waals surface area contributed by atoms with Gasteiger partial charge in [-0.15, -0.1) is 5.10 Å². The summed E-state index contributed by atoms with van der Waals surface area (Å²) in [6, 6.07) is 10.0. The van der Waals surface area contributed by atoms with Crippen LogP contribution in [-0.2, 0) is 0 Å². The van der Waals surface area contributed by atoms with Crippen molar-refractivity contribution in [1.29, 1.82) is 0 Å². The predicted molar refractivity (Wildman–Crippen MR) is 83.4 cm³/mol. The molecule has 1 aromatic carbocycles. The number of anilines is 2. The first kappa shape index (κ1) is 13.5. The van der Waals surface area contributed by atoms with Crippen molar-refractivity contribution in [3.63, 3.8) is 0 Å². The molecule has 1 heterocycles. The smallest absolute Gasteiger partial charge is 0.223 e. The SMILES string of the molecule is c1ccc(Nc2nc(SCC3CCCCC3)n[nH]2)cc1. The second-order valence-electron chi connectivity index (χ2n) is 5.27. The highest BCUT2D eigenvalue weighted by molar-refractivity contribution is 7.99. The van der Waals surface area contributed by atoms with Crippen molar-refractivity contribution in [1.82, 2.24) is 15.2 Å². The van der Waals surface area contributed by atoms with Gasteiger partial charge in [-0.3, -0.25) is 0 Å². The van der Waals surface area contributed by atoms with Crippen LogP contribution in [0.3, 0.4) is 0 Å². The van der Waals surface area contributed by atoms with Gasteiger partial charge in [-0.05, 0) is 30.9 Å². The standard InChI is InChI=1S/C15H20N4S/c1-3-7-12(8-4-1)11-20-15-17-14(18-19-15)16-13-9-5-2-6-10-13/h2,5-6,9-10,12H,1,3-4,7-8,11H2,(H2,16,17,18,19). The molecule has 1 saturated carbocycles. The molecule has 1 aromatic heterocycles. The van der Waals surface area contributed by atoms with Gasteiger partial charge >= 0.3 is 0 Å². The Morgan fingerprint density at radius 1 is 1.15 bits per heavy atom. The van der Waals surface area contributed by atoms with Gasteiger partial charge in [0.05, 0.1) is 0 Å². The molecule has 0 spiro atoms. The number of nitrogens with one attached hydrogen (secondary N) is 2. The summed E-state index contributed by atoms with van der Waals surface area (Å²) < 4.78 is 0. The van der Waals surface area contributed by atoms with Crippen molar-refractivity contribution < 1.29 is 0 Å². The largest absolute Gasteiger partial charge is 0.325 e. The molecular formula is C15H20N4S. The molecule has 0 atom stereocenters. The fraction of sp³-hybridized carbons (Fsp3) is 0.467. The summed E-state index contributed by atoms with van der Waals surface area (Å²) in [5.41, 5.74) is 1.02. The fourth-order valence-electron chi connectivity index (χ4n) is 2.57. The van der Waals surface area contributed by atoms with Gasteiger partial charge in [0.1, 0.15) is 0 Å². The third kappa shape index (κ3) is 3.76. The topological polar surface area (TPSA) is 53.6 Å². The number of para-hydroxylation sites is 1. The van der Waals surface area contributed by atoms with Gasteiger partial charge in [-0.1, -0.05) is 49.2 Å². The van der Waals surface area contributed by atoms with Crippen molar-refractivity contribution in [3.05, 3.63) is 30.3 Å². The molecule has 106 valence electrons. The lowest BCUT2D eigenvalue weighted by Crippen LogP contribution is -2.08. The molecule has 0 saturated heterocycles. The Balaban J connectivity index is 1.51. The summed E-state index contributed by atoms with van der Waals surface area (Å²) >= 11 is 1.76. The van der Waals surface area contributed by atoms with Crippen molar-refractivity contribution in [3.8, 4) is 0 Å². The van der Waals surface area contributed by atoms with E-state index in [1.807, 2.05) is 30.3 Å². The van der Waals surface area contributed by atoms with Gasteiger partial charge in [0.25, 0.3) is 0 Å². The minimum absolute atomic E-state index is 0.711. The van der Waals surface area contributed by atoms with Gasteiger partial charge in [0.15, 0.2) is 0 Å². The zero-order chi connectivity index (χ0) is 13.6. The Morgan fingerprint density at radius 3 is 2.75 bits per heavy atom. The van der Waals surface area contributed by atoms with Crippen LogP contribution in [0.4, 0.5) is 11.6 Å². The molecule has 0 radical (unpaired) electrons. The lowest BCUT2D eigenvalue weighted by molar-refractivity contribution is 0.391.